The van der Waals surface area contributed by atoms with Crippen LogP contribution in [0.3, 0.4) is 0 Å². The highest BCUT2D eigenvalue weighted by atomic mass is 35.5. The van der Waals surface area contributed by atoms with E-state index in [9.17, 15) is 4.39 Å². The Kier molecular flexibility index (Phi) is 4.50. The van der Waals surface area contributed by atoms with Crippen molar-refractivity contribution in [2.24, 2.45) is 0 Å². The van der Waals surface area contributed by atoms with Gasteiger partial charge in [0, 0.05) is 16.5 Å². The molecule has 4 nitrogen and oxygen atoms in total. The van der Waals surface area contributed by atoms with E-state index in [2.05, 4.69) is 10.1 Å². The van der Waals surface area contributed by atoms with E-state index in [4.69, 9.17) is 28.9 Å². The van der Waals surface area contributed by atoms with Crippen LogP contribution in [0.25, 0.3) is 0 Å². The third-order valence-corrected chi connectivity index (χ3v) is 3.96. The summed E-state index contributed by atoms with van der Waals surface area (Å²) in [5, 5.41) is 5.33. The molecule has 0 aliphatic rings. The van der Waals surface area contributed by atoms with Gasteiger partial charge in [-0.05, 0) is 35.4 Å². The monoisotopic (exact) mass is 350 g/mol. The van der Waals surface area contributed by atoms with E-state index < -0.39 is 0 Å². The van der Waals surface area contributed by atoms with Gasteiger partial charge in [0.2, 0.25) is 5.95 Å². The van der Waals surface area contributed by atoms with Gasteiger partial charge in [-0.2, -0.15) is 4.98 Å². The third kappa shape index (κ3) is 3.81. The number of nitrogens with two attached hydrogens (primary N) is 1. The van der Waals surface area contributed by atoms with Crippen molar-refractivity contribution in [1.29, 1.82) is 0 Å². The average Bonchev–Trinajstić information content (AvgIpc) is 2.84. The lowest BCUT2D eigenvalue weighted by atomic mass is 10.1. The van der Waals surface area contributed by atoms with Crippen molar-refractivity contribution >= 4 is 29.2 Å². The standard InChI is InChI=1S/C16H13Cl2FN4/c17-12-4-3-11(14(18)8-12)7-15-21-16(20)22-23(15)9-10-1-5-13(19)6-2-10/h1-6,8H,7,9H2,(H2,20,22). The molecule has 0 radical (unpaired) electrons. The second-order valence-corrected chi connectivity index (χ2v) is 5.93. The summed E-state index contributed by atoms with van der Waals surface area (Å²) in [6.45, 7) is 0.449. The molecule has 0 saturated heterocycles. The van der Waals surface area contributed by atoms with Crippen molar-refractivity contribution in [3.05, 3.63) is 75.3 Å². The van der Waals surface area contributed by atoms with Crippen LogP contribution in [-0.2, 0) is 13.0 Å². The lowest BCUT2D eigenvalue weighted by Crippen LogP contribution is -2.08. The molecule has 1 heterocycles. The number of aromatic nitrogens is 3. The van der Waals surface area contributed by atoms with Crippen molar-refractivity contribution in [3.63, 3.8) is 0 Å². The van der Waals surface area contributed by atoms with Gasteiger partial charge in [-0.15, -0.1) is 5.10 Å². The molecule has 1 aromatic heterocycles. The predicted molar refractivity (Wildman–Crippen MR) is 89.2 cm³/mol. The van der Waals surface area contributed by atoms with E-state index in [1.807, 2.05) is 6.07 Å². The van der Waals surface area contributed by atoms with Crippen LogP contribution in [0.4, 0.5) is 10.3 Å². The largest absolute Gasteiger partial charge is 0.366 e. The van der Waals surface area contributed by atoms with Crippen molar-refractivity contribution in [3.8, 4) is 0 Å². The number of hydrogen-bond acceptors (Lipinski definition) is 3. The number of nitrogen functional groups attached to an aromatic ring is 1. The van der Waals surface area contributed by atoms with Crippen LogP contribution in [-0.4, -0.2) is 14.8 Å². The Labute approximate surface area is 142 Å². The van der Waals surface area contributed by atoms with E-state index in [0.29, 0.717) is 28.8 Å². The summed E-state index contributed by atoms with van der Waals surface area (Å²) in [4.78, 5) is 4.25. The van der Waals surface area contributed by atoms with E-state index in [1.165, 1.54) is 12.1 Å². The summed E-state index contributed by atoms with van der Waals surface area (Å²) in [5.74, 6) is 0.586. The molecule has 2 aromatic carbocycles. The Morgan fingerprint density at radius 1 is 1.09 bits per heavy atom. The van der Waals surface area contributed by atoms with E-state index >= 15 is 0 Å². The van der Waals surface area contributed by atoms with Crippen molar-refractivity contribution in [2.45, 2.75) is 13.0 Å². The molecule has 0 bridgehead atoms. The van der Waals surface area contributed by atoms with Gasteiger partial charge in [0.1, 0.15) is 11.6 Å². The Morgan fingerprint density at radius 3 is 2.52 bits per heavy atom. The van der Waals surface area contributed by atoms with Crippen LogP contribution in [0, 0.1) is 5.82 Å². The SMILES string of the molecule is Nc1nc(Cc2ccc(Cl)cc2Cl)n(Cc2ccc(F)cc2)n1. The maximum absolute atomic E-state index is 13.0. The van der Waals surface area contributed by atoms with E-state index in [-0.39, 0.29) is 11.8 Å². The fraction of sp³-hybridized carbons (Fsp3) is 0.125. The molecular formula is C16H13Cl2FN4. The summed E-state index contributed by atoms with van der Waals surface area (Å²) >= 11 is 12.1. The minimum Gasteiger partial charge on any atom is -0.366 e. The van der Waals surface area contributed by atoms with Gasteiger partial charge in [0.05, 0.1) is 6.54 Å². The maximum atomic E-state index is 13.0. The van der Waals surface area contributed by atoms with Gasteiger partial charge in [-0.3, -0.25) is 0 Å². The van der Waals surface area contributed by atoms with Gasteiger partial charge in [-0.25, -0.2) is 9.07 Å². The second kappa shape index (κ2) is 6.56. The third-order valence-electron chi connectivity index (χ3n) is 3.37. The Balaban J connectivity index is 1.86. The predicted octanol–water partition coefficient (Wildman–Crippen LogP) is 3.95. The van der Waals surface area contributed by atoms with E-state index in [1.54, 1.807) is 28.9 Å². The summed E-state index contributed by atoms with van der Waals surface area (Å²) in [6, 6.07) is 11.5. The highest BCUT2D eigenvalue weighted by Gasteiger charge is 2.12. The zero-order valence-corrected chi connectivity index (χ0v) is 13.5. The van der Waals surface area contributed by atoms with Gasteiger partial charge >= 0.3 is 0 Å². The van der Waals surface area contributed by atoms with Crippen molar-refractivity contribution in [2.75, 3.05) is 5.73 Å². The van der Waals surface area contributed by atoms with Crippen LogP contribution in [0.2, 0.25) is 10.0 Å². The van der Waals surface area contributed by atoms with Crippen molar-refractivity contribution in [1.82, 2.24) is 14.8 Å². The molecule has 7 heteroatoms. The molecule has 3 aromatic rings. The van der Waals surface area contributed by atoms with Gasteiger partial charge in [0.25, 0.3) is 0 Å². The summed E-state index contributed by atoms with van der Waals surface area (Å²) < 4.78 is 14.7. The zero-order valence-electron chi connectivity index (χ0n) is 12.0. The first-order chi connectivity index (χ1) is 11.0. The minimum absolute atomic E-state index is 0.187. The van der Waals surface area contributed by atoms with Crippen LogP contribution in [0.1, 0.15) is 17.0 Å². The number of halogens is 3. The lowest BCUT2D eigenvalue weighted by Gasteiger charge is -2.08. The van der Waals surface area contributed by atoms with Gasteiger partial charge < -0.3 is 5.73 Å². The molecule has 118 valence electrons. The molecule has 0 amide bonds. The Morgan fingerprint density at radius 2 is 1.83 bits per heavy atom. The fourth-order valence-electron chi connectivity index (χ4n) is 2.25. The van der Waals surface area contributed by atoms with Crippen LogP contribution < -0.4 is 5.73 Å². The van der Waals surface area contributed by atoms with Crippen LogP contribution >= 0.6 is 23.2 Å². The first kappa shape index (κ1) is 15.8. The molecule has 0 atom stereocenters. The first-order valence-electron chi connectivity index (χ1n) is 6.89. The fourth-order valence-corrected chi connectivity index (χ4v) is 2.72. The summed E-state index contributed by atoms with van der Waals surface area (Å²) in [6.07, 6.45) is 0.474. The molecule has 0 fully saturated rings. The molecule has 0 unspecified atom stereocenters. The molecule has 0 aliphatic carbocycles. The summed E-state index contributed by atoms with van der Waals surface area (Å²) in [5.41, 5.74) is 7.50. The molecule has 3 rings (SSSR count). The molecule has 23 heavy (non-hydrogen) atoms. The zero-order chi connectivity index (χ0) is 16.4. The molecule has 2 N–H and O–H groups in total. The second-order valence-electron chi connectivity index (χ2n) is 5.08. The molecule has 0 spiro atoms. The number of rotatable bonds is 4. The number of benzene rings is 2. The maximum Gasteiger partial charge on any atom is 0.239 e. The van der Waals surface area contributed by atoms with E-state index in [0.717, 1.165) is 11.1 Å². The Hall–Kier alpha value is -2.11. The highest BCUT2D eigenvalue weighted by Crippen LogP contribution is 2.23. The first-order valence-corrected chi connectivity index (χ1v) is 7.64. The number of anilines is 1. The van der Waals surface area contributed by atoms with Gasteiger partial charge in [0.15, 0.2) is 0 Å². The topological polar surface area (TPSA) is 56.7 Å². The number of nitrogens with zero attached hydrogens (tertiary/aromatic N) is 3. The minimum atomic E-state index is -0.278. The lowest BCUT2D eigenvalue weighted by molar-refractivity contribution is 0.621. The highest BCUT2D eigenvalue weighted by molar-refractivity contribution is 6.35. The normalized spacial score (nSPS) is 10.9. The van der Waals surface area contributed by atoms with Gasteiger partial charge in [-0.1, -0.05) is 41.4 Å². The molecular weight excluding hydrogens is 338 g/mol. The smallest absolute Gasteiger partial charge is 0.239 e. The Bertz CT molecular complexity index is 831. The molecule has 0 saturated carbocycles. The average molecular weight is 351 g/mol. The molecule has 0 aliphatic heterocycles. The van der Waals surface area contributed by atoms with Crippen LogP contribution in [0.5, 0.6) is 0 Å². The summed E-state index contributed by atoms with van der Waals surface area (Å²) in [7, 11) is 0. The quantitative estimate of drug-likeness (QED) is 0.775. The number of hydrogen-bond donors (Lipinski definition) is 1. The van der Waals surface area contributed by atoms with Crippen molar-refractivity contribution < 1.29 is 4.39 Å². The van der Waals surface area contributed by atoms with Crippen LogP contribution in [0.15, 0.2) is 42.5 Å².